The Bertz CT molecular complexity index is 335. The van der Waals surface area contributed by atoms with Crippen LogP contribution in [0.4, 0.5) is 0 Å². The summed E-state index contributed by atoms with van der Waals surface area (Å²) in [6, 6.07) is 0. The fourth-order valence-corrected chi connectivity index (χ4v) is 2.46. The standard InChI is InChI=1S/C13H22N2O2/c1-10-7-14-15(2)13(10)9-17-12-5-3-11(8-16)4-6-12/h7,11-12,16H,3-6,8-9H2,1-2H3. The summed E-state index contributed by atoms with van der Waals surface area (Å²) in [6.07, 6.45) is 6.55. The molecule has 0 radical (unpaired) electrons. The molecule has 1 fully saturated rings. The average Bonchev–Trinajstić information content (AvgIpc) is 2.67. The van der Waals surface area contributed by atoms with Crippen LogP contribution in [0, 0.1) is 12.8 Å². The second kappa shape index (κ2) is 5.65. The van der Waals surface area contributed by atoms with Crippen molar-refractivity contribution in [1.29, 1.82) is 0 Å². The van der Waals surface area contributed by atoms with Crippen molar-refractivity contribution in [3.63, 3.8) is 0 Å². The minimum Gasteiger partial charge on any atom is -0.396 e. The molecule has 1 aromatic rings. The fourth-order valence-electron chi connectivity index (χ4n) is 2.46. The van der Waals surface area contributed by atoms with E-state index in [1.807, 2.05) is 17.9 Å². The van der Waals surface area contributed by atoms with E-state index in [1.165, 1.54) is 5.56 Å². The molecule has 0 bridgehead atoms. The third-order valence-electron chi connectivity index (χ3n) is 3.78. The fraction of sp³-hybridized carbons (Fsp3) is 0.769. The molecule has 4 nitrogen and oxygen atoms in total. The van der Waals surface area contributed by atoms with Crippen LogP contribution in [0.25, 0.3) is 0 Å². The highest BCUT2D eigenvalue weighted by Crippen LogP contribution is 2.26. The van der Waals surface area contributed by atoms with Crippen molar-refractivity contribution in [2.45, 2.75) is 45.3 Å². The van der Waals surface area contributed by atoms with Crippen molar-refractivity contribution in [3.05, 3.63) is 17.5 Å². The molecule has 1 heterocycles. The van der Waals surface area contributed by atoms with Gasteiger partial charge in [-0.15, -0.1) is 0 Å². The molecule has 0 aromatic carbocycles. The molecule has 1 aliphatic rings. The predicted octanol–water partition coefficient (Wildman–Crippen LogP) is 1.80. The molecule has 1 N–H and O–H groups in total. The lowest BCUT2D eigenvalue weighted by Gasteiger charge is -2.27. The van der Waals surface area contributed by atoms with Gasteiger partial charge in [0.15, 0.2) is 0 Å². The number of hydrogen-bond donors (Lipinski definition) is 1. The zero-order valence-electron chi connectivity index (χ0n) is 10.7. The molecular formula is C13H22N2O2. The van der Waals surface area contributed by atoms with E-state index in [-0.39, 0.29) is 0 Å². The normalized spacial score (nSPS) is 25.1. The van der Waals surface area contributed by atoms with Crippen molar-refractivity contribution < 1.29 is 9.84 Å². The number of aliphatic hydroxyl groups excluding tert-OH is 1. The van der Waals surface area contributed by atoms with Gasteiger partial charge in [-0.05, 0) is 44.1 Å². The van der Waals surface area contributed by atoms with Gasteiger partial charge in [-0.25, -0.2) is 0 Å². The van der Waals surface area contributed by atoms with Crippen LogP contribution in [0.5, 0.6) is 0 Å². The summed E-state index contributed by atoms with van der Waals surface area (Å²) in [4.78, 5) is 0. The van der Waals surface area contributed by atoms with Crippen LogP contribution in [0.1, 0.15) is 36.9 Å². The molecule has 1 aromatic heterocycles. The van der Waals surface area contributed by atoms with Gasteiger partial charge < -0.3 is 9.84 Å². The highest BCUT2D eigenvalue weighted by Gasteiger charge is 2.21. The van der Waals surface area contributed by atoms with E-state index in [1.54, 1.807) is 0 Å². The highest BCUT2D eigenvalue weighted by molar-refractivity contribution is 5.14. The minimum absolute atomic E-state index is 0.327. The monoisotopic (exact) mass is 238 g/mol. The lowest BCUT2D eigenvalue weighted by molar-refractivity contribution is -0.00148. The SMILES string of the molecule is Cc1cnn(C)c1COC1CCC(CO)CC1. The van der Waals surface area contributed by atoms with E-state index < -0.39 is 0 Å². The van der Waals surface area contributed by atoms with E-state index in [0.29, 0.717) is 25.2 Å². The van der Waals surface area contributed by atoms with Crippen LogP contribution in [0.2, 0.25) is 0 Å². The first-order chi connectivity index (χ1) is 8.20. The molecular weight excluding hydrogens is 216 g/mol. The molecule has 2 rings (SSSR count). The predicted molar refractivity (Wildman–Crippen MR) is 65.6 cm³/mol. The smallest absolute Gasteiger partial charge is 0.0891 e. The lowest BCUT2D eigenvalue weighted by atomic mass is 9.88. The second-order valence-electron chi connectivity index (χ2n) is 5.03. The Morgan fingerprint density at radius 1 is 1.41 bits per heavy atom. The largest absolute Gasteiger partial charge is 0.396 e. The van der Waals surface area contributed by atoms with Crippen molar-refractivity contribution in [1.82, 2.24) is 9.78 Å². The van der Waals surface area contributed by atoms with Crippen molar-refractivity contribution >= 4 is 0 Å². The quantitative estimate of drug-likeness (QED) is 0.870. The zero-order chi connectivity index (χ0) is 12.3. The number of rotatable bonds is 4. The van der Waals surface area contributed by atoms with Gasteiger partial charge in [-0.3, -0.25) is 4.68 Å². The van der Waals surface area contributed by atoms with E-state index in [0.717, 1.165) is 31.4 Å². The van der Waals surface area contributed by atoms with E-state index in [9.17, 15) is 0 Å². The minimum atomic E-state index is 0.327. The van der Waals surface area contributed by atoms with Crippen LogP contribution >= 0.6 is 0 Å². The van der Waals surface area contributed by atoms with Gasteiger partial charge in [0.1, 0.15) is 0 Å². The first-order valence-corrected chi connectivity index (χ1v) is 6.40. The molecule has 0 atom stereocenters. The van der Waals surface area contributed by atoms with E-state index in [4.69, 9.17) is 9.84 Å². The Morgan fingerprint density at radius 3 is 2.65 bits per heavy atom. The molecule has 96 valence electrons. The first-order valence-electron chi connectivity index (χ1n) is 6.40. The Balaban J connectivity index is 1.80. The van der Waals surface area contributed by atoms with Gasteiger partial charge in [0.2, 0.25) is 0 Å². The first kappa shape index (κ1) is 12.6. The Morgan fingerprint density at radius 2 is 2.12 bits per heavy atom. The van der Waals surface area contributed by atoms with Gasteiger partial charge in [-0.2, -0.15) is 5.10 Å². The molecule has 0 unspecified atom stereocenters. The number of hydrogen-bond acceptors (Lipinski definition) is 3. The summed E-state index contributed by atoms with van der Waals surface area (Å²) in [7, 11) is 1.95. The van der Waals surface area contributed by atoms with Crippen LogP contribution in [0.3, 0.4) is 0 Å². The van der Waals surface area contributed by atoms with Crippen molar-refractivity contribution in [2.75, 3.05) is 6.61 Å². The molecule has 4 heteroatoms. The Labute approximate surface area is 103 Å². The summed E-state index contributed by atoms with van der Waals surface area (Å²) >= 11 is 0. The van der Waals surface area contributed by atoms with E-state index >= 15 is 0 Å². The van der Waals surface area contributed by atoms with E-state index in [2.05, 4.69) is 12.0 Å². The molecule has 1 aliphatic carbocycles. The summed E-state index contributed by atoms with van der Waals surface area (Å²) in [5.41, 5.74) is 2.35. The third-order valence-corrected chi connectivity index (χ3v) is 3.78. The summed E-state index contributed by atoms with van der Waals surface area (Å²) in [5.74, 6) is 0.494. The number of ether oxygens (including phenoxy) is 1. The summed E-state index contributed by atoms with van der Waals surface area (Å²) in [5, 5.41) is 13.3. The molecule has 0 spiro atoms. The maximum atomic E-state index is 9.08. The summed E-state index contributed by atoms with van der Waals surface area (Å²) < 4.78 is 7.82. The van der Waals surface area contributed by atoms with Crippen LogP contribution in [-0.2, 0) is 18.4 Å². The molecule has 1 saturated carbocycles. The maximum absolute atomic E-state index is 9.08. The molecule has 0 aliphatic heterocycles. The van der Waals surface area contributed by atoms with Crippen molar-refractivity contribution in [2.24, 2.45) is 13.0 Å². The molecule has 0 saturated heterocycles. The second-order valence-corrected chi connectivity index (χ2v) is 5.03. The highest BCUT2D eigenvalue weighted by atomic mass is 16.5. The molecule has 17 heavy (non-hydrogen) atoms. The number of aromatic nitrogens is 2. The third kappa shape index (κ3) is 3.07. The average molecular weight is 238 g/mol. The topological polar surface area (TPSA) is 47.3 Å². The van der Waals surface area contributed by atoms with Gasteiger partial charge in [0.05, 0.1) is 24.6 Å². The molecule has 0 amide bonds. The van der Waals surface area contributed by atoms with Crippen LogP contribution in [0.15, 0.2) is 6.20 Å². The summed E-state index contributed by atoms with van der Waals surface area (Å²) in [6.45, 7) is 3.04. The number of aryl methyl sites for hydroxylation is 2. The number of aliphatic hydroxyl groups is 1. The maximum Gasteiger partial charge on any atom is 0.0891 e. The Hall–Kier alpha value is -0.870. The zero-order valence-corrected chi connectivity index (χ0v) is 10.7. The van der Waals surface area contributed by atoms with Gasteiger partial charge in [0, 0.05) is 13.7 Å². The van der Waals surface area contributed by atoms with Crippen molar-refractivity contribution in [3.8, 4) is 0 Å². The van der Waals surface area contributed by atoms with Gasteiger partial charge >= 0.3 is 0 Å². The van der Waals surface area contributed by atoms with Gasteiger partial charge in [-0.1, -0.05) is 0 Å². The van der Waals surface area contributed by atoms with Crippen LogP contribution in [-0.4, -0.2) is 27.6 Å². The van der Waals surface area contributed by atoms with Crippen LogP contribution < -0.4 is 0 Å². The van der Waals surface area contributed by atoms with Gasteiger partial charge in [0.25, 0.3) is 0 Å². The lowest BCUT2D eigenvalue weighted by Crippen LogP contribution is -2.23. The Kier molecular flexibility index (Phi) is 4.18. The number of nitrogens with zero attached hydrogens (tertiary/aromatic N) is 2.